The van der Waals surface area contributed by atoms with E-state index >= 15 is 0 Å². The summed E-state index contributed by atoms with van der Waals surface area (Å²) in [7, 11) is 0. The molecule has 0 radical (unpaired) electrons. The Morgan fingerprint density at radius 3 is 2.41 bits per heavy atom. The zero-order chi connectivity index (χ0) is 18.5. The molecule has 2 heterocycles. The molecule has 0 aliphatic rings. The second kappa shape index (κ2) is 8.14. The van der Waals surface area contributed by atoms with Gasteiger partial charge in [-0.15, -0.1) is 10.2 Å². The highest BCUT2D eigenvalue weighted by molar-refractivity contribution is 7.98. The number of nitrogens with zero attached hydrogens (tertiary/aromatic N) is 4. The van der Waals surface area contributed by atoms with E-state index in [0.717, 1.165) is 22.1 Å². The van der Waals surface area contributed by atoms with Gasteiger partial charge in [-0.25, -0.2) is 4.39 Å². The summed E-state index contributed by atoms with van der Waals surface area (Å²) in [4.78, 5) is 4.20. The summed E-state index contributed by atoms with van der Waals surface area (Å²) in [6, 6.07) is 20.6. The highest BCUT2D eigenvalue weighted by Gasteiger charge is 2.15. The van der Waals surface area contributed by atoms with Crippen molar-refractivity contribution in [1.29, 1.82) is 0 Å². The second-order valence-corrected chi connectivity index (χ2v) is 6.98. The van der Waals surface area contributed by atoms with Crippen LogP contribution in [0.1, 0.15) is 11.1 Å². The summed E-state index contributed by atoms with van der Waals surface area (Å²) >= 11 is 1.59. The third kappa shape index (κ3) is 4.23. The van der Waals surface area contributed by atoms with Crippen molar-refractivity contribution in [2.24, 2.45) is 0 Å². The van der Waals surface area contributed by atoms with Crippen molar-refractivity contribution in [2.75, 3.05) is 0 Å². The van der Waals surface area contributed by atoms with Gasteiger partial charge >= 0.3 is 0 Å². The van der Waals surface area contributed by atoms with Crippen molar-refractivity contribution in [3.8, 4) is 11.4 Å². The van der Waals surface area contributed by atoms with Gasteiger partial charge in [-0.1, -0.05) is 54.2 Å². The van der Waals surface area contributed by atoms with E-state index in [1.165, 1.54) is 17.7 Å². The minimum Gasteiger partial charge on any atom is -0.297 e. The summed E-state index contributed by atoms with van der Waals surface area (Å²) in [6.45, 7) is 0.670. The number of halogens is 1. The van der Waals surface area contributed by atoms with E-state index < -0.39 is 0 Å². The molecule has 0 bridgehead atoms. The highest BCUT2D eigenvalue weighted by atomic mass is 32.2. The first-order valence-corrected chi connectivity index (χ1v) is 9.53. The molecule has 0 aliphatic heterocycles. The number of rotatable bonds is 6. The van der Waals surface area contributed by atoms with Gasteiger partial charge in [0.05, 0.1) is 6.54 Å². The van der Waals surface area contributed by atoms with Crippen LogP contribution in [0.25, 0.3) is 11.4 Å². The quantitative estimate of drug-likeness (QED) is 0.453. The zero-order valence-corrected chi connectivity index (χ0v) is 15.3. The Morgan fingerprint density at radius 1 is 0.852 bits per heavy atom. The molecule has 134 valence electrons. The third-order valence-electron chi connectivity index (χ3n) is 4.10. The van der Waals surface area contributed by atoms with Crippen LogP contribution in [0.4, 0.5) is 4.39 Å². The molecule has 0 unspecified atom stereocenters. The van der Waals surface area contributed by atoms with Gasteiger partial charge < -0.3 is 0 Å². The lowest BCUT2D eigenvalue weighted by atomic mass is 10.2. The van der Waals surface area contributed by atoms with Crippen LogP contribution in [0, 0.1) is 5.82 Å². The average molecular weight is 376 g/mol. The van der Waals surface area contributed by atoms with Crippen LogP contribution in [0.3, 0.4) is 0 Å². The van der Waals surface area contributed by atoms with Crippen molar-refractivity contribution in [3.05, 3.63) is 96.1 Å². The summed E-state index contributed by atoms with van der Waals surface area (Å²) in [5.41, 5.74) is 3.14. The fraction of sp³-hybridized carbons (Fsp3) is 0.0952. The molecule has 4 rings (SSSR count). The van der Waals surface area contributed by atoms with Gasteiger partial charge in [-0.05, 0) is 35.4 Å². The van der Waals surface area contributed by atoms with Gasteiger partial charge in [-0.2, -0.15) is 0 Å². The van der Waals surface area contributed by atoms with Crippen molar-refractivity contribution < 1.29 is 4.39 Å². The first kappa shape index (κ1) is 17.4. The fourth-order valence-electron chi connectivity index (χ4n) is 2.74. The Labute approximate surface area is 161 Å². The smallest absolute Gasteiger partial charge is 0.192 e. The van der Waals surface area contributed by atoms with Crippen LogP contribution in [-0.4, -0.2) is 19.7 Å². The van der Waals surface area contributed by atoms with Gasteiger partial charge in [0.2, 0.25) is 0 Å². The minimum atomic E-state index is -0.227. The van der Waals surface area contributed by atoms with E-state index in [-0.39, 0.29) is 5.82 Å². The van der Waals surface area contributed by atoms with Gasteiger partial charge in [0.1, 0.15) is 5.82 Å². The van der Waals surface area contributed by atoms with Crippen LogP contribution in [0.5, 0.6) is 0 Å². The van der Waals surface area contributed by atoms with Gasteiger partial charge in [-0.3, -0.25) is 9.55 Å². The third-order valence-corrected chi connectivity index (χ3v) is 5.14. The number of pyridine rings is 1. The molecular formula is C21H17FN4S. The number of thioether (sulfide) groups is 1. The highest BCUT2D eigenvalue weighted by Crippen LogP contribution is 2.27. The molecule has 0 aliphatic carbocycles. The van der Waals surface area contributed by atoms with E-state index in [0.29, 0.717) is 12.3 Å². The average Bonchev–Trinajstić information content (AvgIpc) is 3.11. The number of hydrogen-bond acceptors (Lipinski definition) is 4. The topological polar surface area (TPSA) is 43.6 Å². The standard InChI is InChI=1S/C21H17FN4S/c22-19-10-8-17(9-11-19)15-27-21-25-24-20(18-7-4-12-23-13-18)26(21)14-16-5-2-1-3-6-16/h1-13H,14-15H2. The second-order valence-electron chi connectivity index (χ2n) is 6.03. The molecule has 0 amide bonds. The van der Waals surface area contributed by atoms with Crippen LogP contribution in [0.2, 0.25) is 0 Å². The molecule has 4 nitrogen and oxygen atoms in total. The lowest BCUT2D eigenvalue weighted by molar-refractivity contribution is 0.627. The molecule has 0 atom stereocenters. The van der Waals surface area contributed by atoms with Crippen molar-refractivity contribution in [2.45, 2.75) is 17.5 Å². The van der Waals surface area contributed by atoms with Crippen LogP contribution < -0.4 is 0 Å². The molecule has 0 saturated carbocycles. The molecule has 0 saturated heterocycles. The molecular weight excluding hydrogens is 359 g/mol. The lowest BCUT2D eigenvalue weighted by Gasteiger charge is -2.10. The fourth-order valence-corrected chi connectivity index (χ4v) is 3.63. The molecule has 0 N–H and O–H groups in total. The maximum Gasteiger partial charge on any atom is 0.192 e. The first-order chi connectivity index (χ1) is 13.3. The summed E-state index contributed by atoms with van der Waals surface area (Å²) in [5, 5.41) is 9.62. The number of aromatic nitrogens is 4. The van der Waals surface area contributed by atoms with Crippen LogP contribution >= 0.6 is 11.8 Å². The van der Waals surface area contributed by atoms with E-state index in [2.05, 4.69) is 31.9 Å². The van der Waals surface area contributed by atoms with Crippen molar-refractivity contribution >= 4 is 11.8 Å². The van der Waals surface area contributed by atoms with E-state index in [4.69, 9.17) is 0 Å². The predicted molar refractivity (Wildman–Crippen MR) is 105 cm³/mol. The van der Waals surface area contributed by atoms with Crippen molar-refractivity contribution in [3.63, 3.8) is 0 Å². The Kier molecular flexibility index (Phi) is 5.25. The molecule has 4 aromatic rings. The van der Waals surface area contributed by atoms with Gasteiger partial charge in [0.25, 0.3) is 0 Å². The first-order valence-electron chi connectivity index (χ1n) is 8.54. The summed E-state index contributed by atoms with van der Waals surface area (Å²) in [5.74, 6) is 1.25. The monoisotopic (exact) mass is 376 g/mol. The van der Waals surface area contributed by atoms with Crippen LogP contribution in [0.15, 0.2) is 84.3 Å². The maximum absolute atomic E-state index is 13.1. The molecule has 2 aromatic heterocycles. The van der Waals surface area contributed by atoms with Gasteiger partial charge in [0.15, 0.2) is 11.0 Å². The zero-order valence-electron chi connectivity index (χ0n) is 14.5. The maximum atomic E-state index is 13.1. The lowest BCUT2D eigenvalue weighted by Crippen LogP contribution is -2.04. The Balaban J connectivity index is 1.64. The molecule has 0 spiro atoms. The summed E-state index contributed by atoms with van der Waals surface area (Å²) in [6.07, 6.45) is 3.53. The molecule has 0 fully saturated rings. The van der Waals surface area contributed by atoms with Crippen LogP contribution in [-0.2, 0) is 12.3 Å². The molecule has 2 aromatic carbocycles. The Hall–Kier alpha value is -2.99. The Bertz CT molecular complexity index is 1000. The van der Waals surface area contributed by atoms with E-state index in [9.17, 15) is 4.39 Å². The van der Waals surface area contributed by atoms with E-state index in [1.807, 2.05) is 30.3 Å². The Morgan fingerprint density at radius 2 is 1.67 bits per heavy atom. The number of hydrogen-bond donors (Lipinski definition) is 0. The number of benzene rings is 2. The summed E-state index contributed by atoms with van der Waals surface area (Å²) < 4.78 is 15.2. The normalized spacial score (nSPS) is 10.9. The van der Waals surface area contributed by atoms with E-state index in [1.54, 1.807) is 36.3 Å². The minimum absolute atomic E-state index is 0.227. The molecule has 6 heteroatoms. The SMILES string of the molecule is Fc1ccc(CSc2nnc(-c3cccnc3)n2Cc2ccccc2)cc1. The largest absolute Gasteiger partial charge is 0.297 e. The van der Waals surface area contributed by atoms with Crippen molar-refractivity contribution in [1.82, 2.24) is 19.7 Å². The predicted octanol–water partition coefficient (Wildman–Crippen LogP) is 4.82. The van der Waals surface area contributed by atoms with Gasteiger partial charge in [0, 0.05) is 23.7 Å². The molecule has 27 heavy (non-hydrogen) atoms.